The van der Waals surface area contributed by atoms with E-state index >= 15 is 0 Å². The van der Waals surface area contributed by atoms with Crippen LogP contribution in [0, 0.1) is 5.82 Å². The van der Waals surface area contributed by atoms with E-state index in [-0.39, 0.29) is 11.7 Å². The number of nitrogens with zero attached hydrogens (tertiary/aromatic N) is 1. The first-order chi connectivity index (χ1) is 13.7. The molecule has 2 aromatic carbocycles. The number of carbonyl (C=O) groups is 1. The fourth-order valence-corrected chi connectivity index (χ4v) is 4.19. The van der Waals surface area contributed by atoms with Crippen LogP contribution in [0.15, 0.2) is 48.5 Å². The van der Waals surface area contributed by atoms with Crippen LogP contribution in [0.2, 0.25) is 0 Å². The summed E-state index contributed by atoms with van der Waals surface area (Å²) in [5, 5.41) is 3.13. The van der Waals surface area contributed by atoms with Gasteiger partial charge >= 0.3 is 0 Å². The van der Waals surface area contributed by atoms with Crippen molar-refractivity contribution in [1.29, 1.82) is 0 Å². The summed E-state index contributed by atoms with van der Waals surface area (Å²) < 4.78 is 19.1. The Morgan fingerprint density at radius 2 is 1.82 bits per heavy atom. The fourth-order valence-electron chi connectivity index (χ4n) is 4.19. The number of morpholine rings is 1. The van der Waals surface area contributed by atoms with Gasteiger partial charge in [0, 0.05) is 26.2 Å². The lowest BCUT2D eigenvalue weighted by atomic mass is 9.63. The zero-order chi connectivity index (χ0) is 19.4. The molecule has 2 fully saturated rings. The van der Waals surface area contributed by atoms with Crippen molar-refractivity contribution >= 4 is 5.91 Å². The average molecular weight is 382 g/mol. The van der Waals surface area contributed by atoms with Crippen LogP contribution in [0.5, 0.6) is 0 Å². The van der Waals surface area contributed by atoms with Gasteiger partial charge in [0.2, 0.25) is 5.91 Å². The molecule has 2 aliphatic rings. The molecular formula is C23H27FN2O2. The summed E-state index contributed by atoms with van der Waals surface area (Å²) in [7, 11) is 0. The number of hydrogen-bond donors (Lipinski definition) is 1. The quantitative estimate of drug-likeness (QED) is 0.833. The molecule has 148 valence electrons. The largest absolute Gasteiger partial charge is 0.379 e. The van der Waals surface area contributed by atoms with E-state index in [2.05, 4.69) is 22.3 Å². The second-order valence-electron chi connectivity index (χ2n) is 7.79. The van der Waals surface area contributed by atoms with E-state index in [9.17, 15) is 9.18 Å². The van der Waals surface area contributed by atoms with Crippen molar-refractivity contribution < 1.29 is 13.9 Å². The summed E-state index contributed by atoms with van der Waals surface area (Å²) in [6.45, 7) is 4.78. The van der Waals surface area contributed by atoms with Crippen molar-refractivity contribution in [2.24, 2.45) is 0 Å². The van der Waals surface area contributed by atoms with Crippen molar-refractivity contribution in [1.82, 2.24) is 10.2 Å². The fraction of sp³-hybridized carbons (Fsp3) is 0.435. The lowest BCUT2D eigenvalue weighted by Crippen LogP contribution is -2.49. The Labute approximate surface area is 165 Å². The lowest BCUT2D eigenvalue weighted by Gasteiger charge is -2.40. The topological polar surface area (TPSA) is 41.6 Å². The predicted molar refractivity (Wildman–Crippen MR) is 106 cm³/mol. The highest BCUT2D eigenvalue weighted by atomic mass is 19.1. The molecule has 1 saturated carbocycles. The van der Waals surface area contributed by atoms with E-state index in [1.165, 1.54) is 17.7 Å². The number of benzene rings is 2. The summed E-state index contributed by atoms with van der Waals surface area (Å²) in [5.41, 5.74) is 2.58. The molecule has 2 aromatic rings. The van der Waals surface area contributed by atoms with Crippen molar-refractivity contribution in [2.45, 2.75) is 37.8 Å². The maximum Gasteiger partial charge on any atom is 0.230 e. The van der Waals surface area contributed by atoms with Crippen molar-refractivity contribution in [3.8, 4) is 0 Å². The molecule has 1 heterocycles. The van der Waals surface area contributed by atoms with Crippen molar-refractivity contribution in [2.75, 3.05) is 26.3 Å². The van der Waals surface area contributed by atoms with E-state index in [1.54, 1.807) is 6.07 Å². The zero-order valence-corrected chi connectivity index (χ0v) is 16.1. The van der Waals surface area contributed by atoms with Gasteiger partial charge < -0.3 is 10.1 Å². The molecule has 0 atom stereocenters. The van der Waals surface area contributed by atoms with E-state index in [0.717, 1.165) is 63.2 Å². The van der Waals surface area contributed by atoms with Crippen molar-refractivity contribution in [3.05, 3.63) is 71.0 Å². The first kappa shape index (κ1) is 19.1. The first-order valence-corrected chi connectivity index (χ1v) is 10.1. The van der Waals surface area contributed by atoms with Gasteiger partial charge in [-0.3, -0.25) is 9.69 Å². The Morgan fingerprint density at radius 3 is 2.50 bits per heavy atom. The Balaban J connectivity index is 1.44. The molecule has 0 radical (unpaired) electrons. The van der Waals surface area contributed by atoms with Gasteiger partial charge in [-0.15, -0.1) is 0 Å². The van der Waals surface area contributed by atoms with Crippen molar-refractivity contribution in [3.63, 3.8) is 0 Å². The molecule has 1 amide bonds. The third-order valence-corrected chi connectivity index (χ3v) is 6.07. The van der Waals surface area contributed by atoms with Gasteiger partial charge in [-0.2, -0.15) is 0 Å². The minimum atomic E-state index is -0.582. The third-order valence-electron chi connectivity index (χ3n) is 6.07. The molecule has 0 bridgehead atoms. The van der Waals surface area contributed by atoms with E-state index in [4.69, 9.17) is 4.74 Å². The lowest BCUT2D eigenvalue weighted by molar-refractivity contribution is -0.130. The number of halogens is 1. The summed E-state index contributed by atoms with van der Waals surface area (Å²) >= 11 is 0. The van der Waals surface area contributed by atoms with Gasteiger partial charge in [-0.25, -0.2) is 4.39 Å². The molecule has 1 N–H and O–H groups in total. The second kappa shape index (κ2) is 8.41. The Hall–Kier alpha value is -2.24. The number of hydrogen-bond acceptors (Lipinski definition) is 3. The number of amides is 1. The summed E-state index contributed by atoms with van der Waals surface area (Å²) in [5.74, 6) is -0.280. The Bertz CT molecular complexity index is 829. The summed E-state index contributed by atoms with van der Waals surface area (Å²) in [4.78, 5) is 15.5. The third kappa shape index (κ3) is 3.96. The van der Waals surface area contributed by atoms with Gasteiger partial charge in [-0.05, 0) is 41.7 Å². The summed E-state index contributed by atoms with van der Waals surface area (Å²) in [6.07, 6.45) is 2.55. The number of carbonyl (C=O) groups excluding carboxylic acids is 1. The normalized spacial score (nSPS) is 19.0. The standard InChI is InChI=1S/C23H27FN2O2/c24-21-8-3-7-20(15-21)23(9-4-10-23)22(27)25-16-18-5-1-2-6-19(18)17-26-11-13-28-14-12-26/h1-3,5-8,15H,4,9-14,16-17H2,(H,25,27). The molecule has 5 heteroatoms. The molecule has 0 spiro atoms. The van der Waals surface area contributed by atoms with Gasteiger partial charge in [0.1, 0.15) is 5.82 Å². The molecule has 28 heavy (non-hydrogen) atoms. The van der Waals surface area contributed by atoms with Crippen LogP contribution < -0.4 is 5.32 Å². The highest BCUT2D eigenvalue weighted by Gasteiger charge is 2.45. The van der Waals surface area contributed by atoms with Gasteiger partial charge in [0.25, 0.3) is 0 Å². The molecular weight excluding hydrogens is 355 g/mol. The van der Waals surface area contributed by atoms with Crippen LogP contribution in [0.4, 0.5) is 4.39 Å². The maximum absolute atomic E-state index is 13.7. The molecule has 1 saturated heterocycles. The number of rotatable bonds is 6. The highest BCUT2D eigenvalue weighted by Crippen LogP contribution is 2.44. The van der Waals surface area contributed by atoms with E-state index < -0.39 is 5.41 Å². The monoisotopic (exact) mass is 382 g/mol. The van der Waals surface area contributed by atoms with Crippen LogP contribution in [0.3, 0.4) is 0 Å². The van der Waals surface area contributed by atoms with Gasteiger partial charge in [0.05, 0.1) is 18.6 Å². The molecule has 4 nitrogen and oxygen atoms in total. The zero-order valence-electron chi connectivity index (χ0n) is 16.1. The highest BCUT2D eigenvalue weighted by molar-refractivity contribution is 5.89. The molecule has 0 aromatic heterocycles. The SMILES string of the molecule is O=C(NCc1ccccc1CN1CCOCC1)C1(c2cccc(F)c2)CCC1. The van der Waals surface area contributed by atoms with Crippen LogP contribution in [0.1, 0.15) is 36.0 Å². The molecule has 1 aliphatic heterocycles. The first-order valence-electron chi connectivity index (χ1n) is 10.1. The Kier molecular flexibility index (Phi) is 5.74. The second-order valence-corrected chi connectivity index (χ2v) is 7.79. The number of nitrogens with one attached hydrogen (secondary N) is 1. The van der Waals surface area contributed by atoms with Crippen LogP contribution in [-0.4, -0.2) is 37.1 Å². The average Bonchev–Trinajstić information content (AvgIpc) is 2.67. The number of ether oxygens (including phenoxy) is 1. The molecule has 0 unspecified atom stereocenters. The summed E-state index contributed by atoms with van der Waals surface area (Å²) in [6, 6.07) is 14.7. The predicted octanol–water partition coefficient (Wildman–Crippen LogP) is 3.40. The van der Waals surface area contributed by atoms with Gasteiger partial charge in [0.15, 0.2) is 0 Å². The molecule has 1 aliphatic carbocycles. The van der Waals surface area contributed by atoms with E-state index in [0.29, 0.717) is 6.54 Å². The minimum absolute atomic E-state index is 0.00512. The smallest absolute Gasteiger partial charge is 0.230 e. The maximum atomic E-state index is 13.7. The van der Waals surface area contributed by atoms with Gasteiger partial charge in [-0.1, -0.05) is 42.8 Å². The Morgan fingerprint density at radius 1 is 1.07 bits per heavy atom. The minimum Gasteiger partial charge on any atom is -0.379 e. The van der Waals surface area contributed by atoms with E-state index in [1.807, 2.05) is 18.2 Å². The van der Waals surface area contributed by atoms with Crippen LogP contribution in [-0.2, 0) is 28.0 Å². The van der Waals surface area contributed by atoms with Crippen LogP contribution >= 0.6 is 0 Å². The molecule has 4 rings (SSSR count). The van der Waals surface area contributed by atoms with Crippen LogP contribution in [0.25, 0.3) is 0 Å².